The molecule has 2 amide bonds. The van der Waals surface area contributed by atoms with Crippen molar-refractivity contribution in [2.75, 3.05) is 0 Å². The monoisotopic (exact) mass is 448 g/mol. The van der Waals surface area contributed by atoms with Crippen molar-refractivity contribution in [3.05, 3.63) is 77.9 Å². The Balaban J connectivity index is 0.00000149. The zero-order chi connectivity index (χ0) is 24.0. The van der Waals surface area contributed by atoms with Crippen LogP contribution in [0.3, 0.4) is 0 Å². The second-order valence-electron chi connectivity index (χ2n) is 8.18. The van der Waals surface area contributed by atoms with Gasteiger partial charge in [0, 0.05) is 37.3 Å². The van der Waals surface area contributed by atoms with Crippen molar-refractivity contribution in [1.29, 1.82) is 0 Å². The average molecular weight is 449 g/mol. The van der Waals surface area contributed by atoms with Crippen LogP contribution in [0.2, 0.25) is 0 Å². The van der Waals surface area contributed by atoms with Gasteiger partial charge in [-0.1, -0.05) is 38.1 Å². The van der Waals surface area contributed by atoms with E-state index in [0.717, 1.165) is 16.8 Å². The third-order valence-electron chi connectivity index (χ3n) is 5.74. The number of carbonyl (C=O) groups is 2. The molecule has 2 unspecified atom stereocenters. The summed E-state index contributed by atoms with van der Waals surface area (Å²) < 4.78 is 8.03. The SMILES string of the molecule is CC.CC1NC(=O)CC(C)(c2cncn2C)c2cccc(c2)Oc2cccc(c2)CNC1=O. The van der Waals surface area contributed by atoms with Crippen molar-refractivity contribution in [3.63, 3.8) is 0 Å². The molecule has 174 valence electrons. The number of rotatable bonds is 1. The number of imidazole rings is 1. The third-order valence-corrected chi connectivity index (χ3v) is 5.74. The molecule has 4 rings (SSSR count). The number of hydrogen-bond acceptors (Lipinski definition) is 4. The Morgan fingerprint density at radius 1 is 1.09 bits per heavy atom. The highest BCUT2D eigenvalue weighted by Gasteiger charge is 2.35. The molecule has 33 heavy (non-hydrogen) atoms. The molecule has 0 fully saturated rings. The van der Waals surface area contributed by atoms with Crippen LogP contribution in [0.15, 0.2) is 61.1 Å². The van der Waals surface area contributed by atoms with Gasteiger partial charge in [0.1, 0.15) is 17.5 Å². The standard InChI is InChI=1S/C24H26N4O3.C2H6/c1-16-23(30)26-13-17-6-4-8-19(10-17)31-20-9-5-7-18(11-20)24(2,12-22(29)27-16)21-14-25-15-28(21)3;1-2/h4-11,14-16H,12-13H2,1-3H3,(H,26,30)(H,27,29);1-2H3. The number of benzene rings is 2. The summed E-state index contributed by atoms with van der Waals surface area (Å²) in [5, 5.41) is 5.71. The fraction of sp³-hybridized carbons (Fsp3) is 0.346. The summed E-state index contributed by atoms with van der Waals surface area (Å²) in [5.74, 6) is 0.907. The zero-order valence-corrected chi connectivity index (χ0v) is 19.9. The second kappa shape index (κ2) is 10.3. The van der Waals surface area contributed by atoms with E-state index in [9.17, 15) is 9.59 Å². The van der Waals surface area contributed by atoms with Gasteiger partial charge in [-0.05, 0) is 49.2 Å². The van der Waals surface area contributed by atoms with Gasteiger partial charge in [-0.2, -0.15) is 0 Å². The molecule has 2 aromatic carbocycles. The molecule has 2 heterocycles. The number of fused-ring (bicyclic) bond motifs is 4. The Hall–Kier alpha value is -3.61. The Kier molecular flexibility index (Phi) is 7.53. The second-order valence-corrected chi connectivity index (χ2v) is 8.18. The van der Waals surface area contributed by atoms with E-state index in [-0.39, 0.29) is 18.2 Å². The van der Waals surface area contributed by atoms with Crippen LogP contribution in [-0.4, -0.2) is 27.4 Å². The number of aromatic nitrogens is 2. The topological polar surface area (TPSA) is 85.2 Å². The number of ether oxygens (including phenoxy) is 1. The van der Waals surface area contributed by atoms with E-state index < -0.39 is 11.5 Å². The molecule has 0 saturated heterocycles. The highest BCUT2D eigenvalue weighted by Crippen LogP contribution is 2.37. The van der Waals surface area contributed by atoms with Crippen LogP contribution in [0, 0.1) is 0 Å². The van der Waals surface area contributed by atoms with Crippen molar-refractivity contribution in [1.82, 2.24) is 20.2 Å². The van der Waals surface area contributed by atoms with Crippen LogP contribution in [-0.2, 0) is 28.6 Å². The van der Waals surface area contributed by atoms with E-state index in [1.54, 1.807) is 19.4 Å². The molecular formula is C26H32N4O3. The molecule has 2 atom stereocenters. The first kappa shape index (κ1) is 24.0. The van der Waals surface area contributed by atoms with Crippen LogP contribution in [0.4, 0.5) is 0 Å². The summed E-state index contributed by atoms with van der Waals surface area (Å²) in [7, 11) is 1.91. The first-order chi connectivity index (χ1) is 15.8. The molecule has 1 aromatic heterocycles. The molecule has 1 aliphatic rings. The van der Waals surface area contributed by atoms with Gasteiger partial charge in [0.05, 0.1) is 6.33 Å². The maximum Gasteiger partial charge on any atom is 0.242 e. The molecule has 4 bridgehead atoms. The van der Waals surface area contributed by atoms with Gasteiger partial charge in [0.25, 0.3) is 0 Å². The number of carbonyl (C=O) groups excluding carboxylic acids is 2. The lowest BCUT2D eigenvalue weighted by Gasteiger charge is -2.31. The number of aryl methyl sites for hydroxylation is 1. The van der Waals surface area contributed by atoms with Crippen molar-refractivity contribution >= 4 is 11.8 Å². The molecular weight excluding hydrogens is 416 g/mol. The maximum absolute atomic E-state index is 13.0. The van der Waals surface area contributed by atoms with Crippen molar-refractivity contribution in [3.8, 4) is 11.5 Å². The predicted molar refractivity (Wildman–Crippen MR) is 128 cm³/mol. The summed E-state index contributed by atoms with van der Waals surface area (Å²) in [6.07, 6.45) is 3.64. The fourth-order valence-electron chi connectivity index (χ4n) is 4.01. The number of nitrogens with zero attached hydrogens (tertiary/aromatic N) is 2. The van der Waals surface area contributed by atoms with Crippen molar-refractivity contribution in [2.45, 2.75) is 52.1 Å². The molecule has 2 N–H and O–H groups in total. The summed E-state index contributed by atoms with van der Waals surface area (Å²) in [5.41, 5.74) is 2.05. The first-order valence-corrected chi connectivity index (χ1v) is 11.3. The highest BCUT2D eigenvalue weighted by molar-refractivity contribution is 5.88. The lowest BCUT2D eigenvalue weighted by molar-refractivity contribution is -0.129. The molecule has 7 nitrogen and oxygen atoms in total. The Labute approximate surface area is 195 Å². The Bertz CT molecular complexity index is 1120. The van der Waals surface area contributed by atoms with E-state index in [4.69, 9.17) is 4.74 Å². The van der Waals surface area contributed by atoms with Crippen LogP contribution in [0.1, 0.15) is 50.9 Å². The van der Waals surface area contributed by atoms with Crippen LogP contribution in [0.5, 0.6) is 11.5 Å². The Morgan fingerprint density at radius 2 is 1.79 bits per heavy atom. The average Bonchev–Trinajstić information content (AvgIpc) is 3.25. The summed E-state index contributed by atoms with van der Waals surface area (Å²) in [4.78, 5) is 29.8. The number of hydrogen-bond donors (Lipinski definition) is 2. The molecule has 0 aliphatic carbocycles. The van der Waals surface area contributed by atoms with E-state index in [0.29, 0.717) is 18.0 Å². The van der Waals surface area contributed by atoms with Crippen LogP contribution >= 0.6 is 0 Å². The van der Waals surface area contributed by atoms with Crippen LogP contribution in [0.25, 0.3) is 0 Å². The fourth-order valence-corrected chi connectivity index (χ4v) is 4.01. The van der Waals surface area contributed by atoms with Crippen LogP contribution < -0.4 is 15.4 Å². The van der Waals surface area contributed by atoms with Gasteiger partial charge in [-0.25, -0.2) is 4.98 Å². The highest BCUT2D eigenvalue weighted by atomic mass is 16.5. The predicted octanol–water partition coefficient (Wildman–Crippen LogP) is 4.07. The summed E-state index contributed by atoms with van der Waals surface area (Å²) in [6, 6.07) is 14.7. The van der Waals surface area contributed by atoms with Gasteiger partial charge >= 0.3 is 0 Å². The Morgan fingerprint density at radius 3 is 2.48 bits per heavy atom. The van der Waals surface area contributed by atoms with Crippen molar-refractivity contribution in [2.24, 2.45) is 7.05 Å². The summed E-state index contributed by atoms with van der Waals surface area (Å²) in [6.45, 7) is 8.04. The van der Waals surface area contributed by atoms with Gasteiger partial charge in [0.2, 0.25) is 11.8 Å². The smallest absolute Gasteiger partial charge is 0.242 e. The van der Waals surface area contributed by atoms with E-state index in [1.807, 2.05) is 80.9 Å². The molecule has 1 aliphatic heterocycles. The molecule has 0 spiro atoms. The van der Waals surface area contributed by atoms with E-state index in [2.05, 4.69) is 15.6 Å². The van der Waals surface area contributed by atoms with Gasteiger partial charge in [-0.3, -0.25) is 9.59 Å². The van der Waals surface area contributed by atoms with E-state index >= 15 is 0 Å². The number of nitrogens with one attached hydrogen (secondary N) is 2. The summed E-state index contributed by atoms with van der Waals surface area (Å²) >= 11 is 0. The normalized spacial score (nSPS) is 20.7. The minimum absolute atomic E-state index is 0.154. The molecule has 0 radical (unpaired) electrons. The minimum atomic E-state index is -0.674. The molecule has 0 saturated carbocycles. The largest absolute Gasteiger partial charge is 0.457 e. The molecule has 3 aromatic rings. The van der Waals surface area contributed by atoms with Gasteiger partial charge in [-0.15, -0.1) is 0 Å². The zero-order valence-electron chi connectivity index (χ0n) is 19.9. The van der Waals surface area contributed by atoms with Crippen molar-refractivity contribution < 1.29 is 14.3 Å². The lowest BCUT2D eigenvalue weighted by Crippen LogP contribution is -2.46. The quantitative estimate of drug-likeness (QED) is 0.588. The van der Waals surface area contributed by atoms with E-state index in [1.165, 1.54) is 0 Å². The third kappa shape index (κ3) is 5.42. The minimum Gasteiger partial charge on any atom is -0.457 e. The lowest BCUT2D eigenvalue weighted by atomic mass is 9.76. The molecule has 7 heteroatoms. The van der Waals surface area contributed by atoms with Gasteiger partial charge < -0.3 is 19.9 Å². The maximum atomic E-state index is 13.0. The first-order valence-electron chi connectivity index (χ1n) is 11.3. The van der Waals surface area contributed by atoms with Gasteiger partial charge in [0.15, 0.2) is 0 Å². The number of amides is 2.